The lowest BCUT2D eigenvalue weighted by molar-refractivity contribution is -0.138. The molecule has 0 aliphatic rings. The molecule has 0 aliphatic carbocycles. The van der Waals surface area contributed by atoms with Crippen LogP contribution < -0.4 is 4.90 Å². The Hall–Kier alpha value is -1.22. The Bertz CT molecular complexity index is 393. The van der Waals surface area contributed by atoms with Crippen LogP contribution in [0.1, 0.15) is 18.9 Å². The lowest BCUT2D eigenvalue weighted by atomic mass is 10.1. The van der Waals surface area contributed by atoms with Crippen LogP contribution in [0.15, 0.2) is 18.2 Å². The molecule has 4 heteroatoms. The van der Waals surface area contributed by atoms with E-state index >= 15 is 0 Å². The topological polar surface area (TPSA) is 40.5 Å². The first-order chi connectivity index (χ1) is 7.47. The van der Waals surface area contributed by atoms with Gasteiger partial charge < -0.3 is 10.0 Å². The van der Waals surface area contributed by atoms with Crippen molar-refractivity contribution >= 4 is 23.3 Å². The van der Waals surface area contributed by atoms with Gasteiger partial charge in [0.25, 0.3) is 0 Å². The minimum atomic E-state index is -0.818. The zero-order valence-corrected chi connectivity index (χ0v) is 10.5. The SMILES string of the molecule is CCC(C(=O)O)N(C)c1ccc(C)c(Cl)c1. The van der Waals surface area contributed by atoms with Crippen molar-refractivity contribution in [1.29, 1.82) is 0 Å². The third kappa shape index (κ3) is 2.67. The third-order valence-corrected chi connectivity index (χ3v) is 3.11. The van der Waals surface area contributed by atoms with E-state index in [0.717, 1.165) is 11.3 Å². The van der Waals surface area contributed by atoms with Gasteiger partial charge in [-0.25, -0.2) is 4.79 Å². The summed E-state index contributed by atoms with van der Waals surface area (Å²) in [6, 6.07) is 5.05. The number of nitrogens with zero attached hydrogens (tertiary/aromatic N) is 1. The molecule has 88 valence electrons. The molecule has 0 saturated carbocycles. The van der Waals surface area contributed by atoms with Gasteiger partial charge in [-0.3, -0.25) is 0 Å². The molecule has 1 aromatic carbocycles. The molecule has 0 radical (unpaired) electrons. The molecule has 0 aliphatic heterocycles. The molecular formula is C12H16ClNO2. The van der Waals surface area contributed by atoms with Crippen molar-refractivity contribution < 1.29 is 9.90 Å². The van der Waals surface area contributed by atoms with Gasteiger partial charge in [-0.2, -0.15) is 0 Å². The first-order valence-corrected chi connectivity index (χ1v) is 5.57. The average molecular weight is 242 g/mol. The first kappa shape index (κ1) is 12.8. The van der Waals surface area contributed by atoms with Crippen LogP contribution in [0, 0.1) is 6.92 Å². The number of anilines is 1. The van der Waals surface area contributed by atoms with Crippen molar-refractivity contribution in [3.8, 4) is 0 Å². The number of hydrogen-bond acceptors (Lipinski definition) is 2. The van der Waals surface area contributed by atoms with Gasteiger partial charge in [0.15, 0.2) is 0 Å². The van der Waals surface area contributed by atoms with Crippen LogP contribution in [0.4, 0.5) is 5.69 Å². The standard InChI is InChI=1S/C12H16ClNO2/c1-4-11(12(15)16)14(3)9-6-5-8(2)10(13)7-9/h5-7,11H,4H2,1-3H3,(H,15,16). The Balaban J connectivity index is 2.99. The molecular weight excluding hydrogens is 226 g/mol. The molecule has 0 heterocycles. The highest BCUT2D eigenvalue weighted by Crippen LogP contribution is 2.24. The number of aliphatic carboxylic acids is 1. The number of carboxylic acid groups (broad SMARTS) is 1. The average Bonchev–Trinajstić information content (AvgIpc) is 2.22. The molecule has 0 fully saturated rings. The van der Waals surface area contributed by atoms with Crippen LogP contribution in [-0.2, 0) is 4.79 Å². The Morgan fingerprint density at radius 1 is 1.56 bits per heavy atom. The van der Waals surface area contributed by atoms with Crippen LogP contribution in [-0.4, -0.2) is 24.2 Å². The summed E-state index contributed by atoms with van der Waals surface area (Å²) in [5.74, 6) is -0.818. The van der Waals surface area contributed by atoms with E-state index in [4.69, 9.17) is 16.7 Å². The van der Waals surface area contributed by atoms with E-state index in [1.807, 2.05) is 26.0 Å². The second kappa shape index (κ2) is 5.21. The van der Waals surface area contributed by atoms with Crippen LogP contribution in [0.5, 0.6) is 0 Å². The molecule has 0 aromatic heterocycles. The monoisotopic (exact) mass is 241 g/mol. The lowest BCUT2D eigenvalue weighted by Crippen LogP contribution is -2.37. The maximum atomic E-state index is 11.0. The fraction of sp³-hybridized carbons (Fsp3) is 0.417. The van der Waals surface area contributed by atoms with Crippen molar-refractivity contribution in [1.82, 2.24) is 0 Å². The minimum absolute atomic E-state index is 0.515. The van der Waals surface area contributed by atoms with Gasteiger partial charge in [-0.1, -0.05) is 24.6 Å². The second-order valence-electron chi connectivity index (χ2n) is 3.81. The number of rotatable bonds is 4. The van der Waals surface area contributed by atoms with E-state index in [2.05, 4.69) is 0 Å². The van der Waals surface area contributed by atoms with Gasteiger partial charge in [0.05, 0.1) is 0 Å². The summed E-state index contributed by atoms with van der Waals surface area (Å²) in [6.45, 7) is 3.77. The van der Waals surface area contributed by atoms with Crippen molar-refractivity contribution in [3.63, 3.8) is 0 Å². The Morgan fingerprint density at radius 3 is 2.62 bits per heavy atom. The largest absolute Gasteiger partial charge is 0.480 e. The first-order valence-electron chi connectivity index (χ1n) is 5.19. The number of benzene rings is 1. The number of carboxylic acids is 1. The number of halogens is 1. The highest BCUT2D eigenvalue weighted by atomic mass is 35.5. The van der Waals surface area contributed by atoms with Gasteiger partial charge in [-0.05, 0) is 31.0 Å². The number of likely N-dealkylation sites (N-methyl/N-ethyl adjacent to an activating group) is 1. The van der Waals surface area contributed by atoms with Gasteiger partial charge >= 0.3 is 5.97 Å². The highest BCUT2D eigenvalue weighted by Gasteiger charge is 2.20. The van der Waals surface area contributed by atoms with E-state index in [9.17, 15) is 4.79 Å². The molecule has 3 nitrogen and oxygen atoms in total. The van der Waals surface area contributed by atoms with Crippen LogP contribution >= 0.6 is 11.6 Å². The van der Waals surface area contributed by atoms with E-state index in [0.29, 0.717) is 11.4 Å². The predicted molar refractivity (Wildman–Crippen MR) is 66.3 cm³/mol. The summed E-state index contributed by atoms with van der Waals surface area (Å²) in [6.07, 6.45) is 0.553. The summed E-state index contributed by atoms with van der Waals surface area (Å²) in [5.41, 5.74) is 1.81. The maximum Gasteiger partial charge on any atom is 0.326 e. The van der Waals surface area contributed by atoms with Gasteiger partial charge in [-0.15, -0.1) is 0 Å². The molecule has 1 rings (SSSR count). The molecule has 0 spiro atoms. The molecule has 16 heavy (non-hydrogen) atoms. The minimum Gasteiger partial charge on any atom is -0.480 e. The Kier molecular flexibility index (Phi) is 4.19. The number of hydrogen-bond donors (Lipinski definition) is 1. The Morgan fingerprint density at radius 2 is 2.19 bits per heavy atom. The van der Waals surface area contributed by atoms with Crippen LogP contribution in [0.3, 0.4) is 0 Å². The molecule has 1 unspecified atom stereocenters. The quantitative estimate of drug-likeness (QED) is 0.881. The summed E-state index contributed by atoms with van der Waals surface area (Å²) < 4.78 is 0. The van der Waals surface area contributed by atoms with Crippen LogP contribution in [0.25, 0.3) is 0 Å². The molecule has 0 saturated heterocycles. The maximum absolute atomic E-state index is 11.0. The molecule has 1 atom stereocenters. The fourth-order valence-corrected chi connectivity index (χ4v) is 1.77. The third-order valence-electron chi connectivity index (χ3n) is 2.70. The van der Waals surface area contributed by atoms with Gasteiger partial charge in [0.1, 0.15) is 6.04 Å². The zero-order chi connectivity index (χ0) is 12.3. The van der Waals surface area contributed by atoms with E-state index < -0.39 is 12.0 Å². The smallest absolute Gasteiger partial charge is 0.326 e. The second-order valence-corrected chi connectivity index (χ2v) is 4.21. The zero-order valence-electron chi connectivity index (χ0n) is 9.70. The Labute approximate surface area is 101 Å². The number of carbonyl (C=O) groups is 1. The normalized spacial score (nSPS) is 12.2. The highest BCUT2D eigenvalue weighted by molar-refractivity contribution is 6.31. The molecule has 1 aromatic rings. The van der Waals surface area contributed by atoms with Crippen molar-refractivity contribution in [2.24, 2.45) is 0 Å². The van der Waals surface area contributed by atoms with E-state index in [-0.39, 0.29) is 0 Å². The molecule has 0 amide bonds. The lowest BCUT2D eigenvalue weighted by Gasteiger charge is -2.26. The predicted octanol–water partition coefficient (Wildman–Crippen LogP) is 2.95. The van der Waals surface area contributed by atoms with Gasteiger partial charge in [0, 0.05) is 17.8 Å². The summed E-state index contributed by atoms with van der Waals surface area (Å²) in [4.78, 5) is 12.8. The molecule has 0 bridgehead atoms. The van der Waals surface area contributed by atoms with Gasteiger partial charge in [0.2, 0.25) is 0 Å². The summed E-state index contributed by atoms with van der Waals surface area (Å²) in [7, 11) is 1.77. The van der Waals surface area contributed by atoms with Crippen molar-refractivity contribution in [2.45, 2.75) is 26.3 Å². The fourth-order valence-electron chi connectivity index (χ4n) is 1.60. The van der Waals surface area contributed by atoms with E-state index in [1.54, 1.807) is 18.0 Å². The summed E-state index contributed by atoms with van der Waals surface area (Å²) >= 11 is 6.01. The van der Waals surface area contributed by atoms with Crippen molar-refractivity contribution in [3.05, 3.63) is 28.8 Å². The van der Waals surface area contributed by atoms with E-state index in [1.165, 1.54) is 0 Å². The van der Waals surface area contributed by atoms with Crippen molar-refractivity contribution in [2.75, 3.05) is 11.9 Å². The number of aryl methyl sites for hydroxylation is 1. The van der Waals surface area contributed by atoms with Crippen LogP contribution in [0.2, 0.25) is 5.02 Å². The molecule has 1 N–H and O–H groups in total. The summed E-state index contributed by atoms with van der Waals surface area (Å²) in [5, 5.41) is 9.71.